The first-order valence-corrected chi connectivity index (χ1v) is 7.51. The number of tetrazole rings is 1. The van der Waals surface area contributed by atoms with Crippen LogP contribution in [0.5, 0.6) is 0 Å². The molecule has 1 saturated carbocycles. The smallest absolute Gasteiger partial charge is 0.320 e. The first kappa shape index (κ1) is 14.3. The number of carbonyl (C=O) groups is 1. The van der Waals surface area contributed by atoms with Gasteiger partial charge in [0.1, 0.15) is 6.04 Å². The first-order chi connectivity index (χ1) is 9.22. The molecule has 2 N–H and O–H groups in total. The Labute approximate surface area is 116 Å². The second kappa shape index (κ2) is 6.85. The monoisotopic (exact) mass is 285 g/mol. The van der Waals surface area contributed by atoms with Crippen molar-refractivity contribution in [3.8, 4) is 0 Å². The summed E-state index contributed by atoms with van der Waals surface area (Å²) >= 11 is 1.53. The van der Waals surface area contributed by atoms with Crippen molar-refractivity contribution in [2.75, 3.05) is 12.8 Å². The van der Waals surface area contributed by atoms with Gasteiger partial charge >= 0.3 is 5.97 Å². The van der Waals surface area contributed by atoms with Crippen molar-refractivity contribution in [3.63, 3.8) is 0 Å². The van der Waals surface area contributed by atoms with Gasteiger partial charge in [-0.2, -0.15) is 0 Å². The lowest BCUT2D eigenvalue weighted by molar-refractivity contribution is -0.139. The molecule has 1 heterocycles. The summed E-state index contributed by atoms with van der Waals surface area (Å²) < 4.78 is 1.90. The first-order valence-electron chi connectivity index (χ1n) is 6.53. The molecule has 1 aliphatic carbocycles. The van der Waals surface area contributed by atoms with Crippen molar-refractivity contribution in [2.45, 2.75) is 49.3 Å². The highest BCUT2D eigenvalue weighted by Crippen LogP contribution is 2.31. The third-order valence-corrected chi connectivity index (χ3v) is 4.38. The van der Waals surface area contributed by atoms with Gasteiger partial charge < -0.3 is 10.4 Å². The van der Waals surface area contributed by atoms with Crippen LogP contribution < -0.4 is 5.32 Å². The zero-order valence-electron chi connectivity index (χ0n) is 10.9. The highest BCUT2D eigenvalue weighted by molar-refractivity contribution is 7.99. The lowest BCUT2D eigenvalue weighted by atomic mass is 10.2. The van der Waals surface area contributed by atoms with Crippen LogP contribution in [0, 0.1) is 0 Å². The number of rotatable bonds is 7. The Bertz CT molecular complexity index is 419. The van der Waals surface area contributed by atoms with E-state index in [0.717, 1.165) is 18.0 Å². The van der Waals surface area contributed by atoms with Gasteiger partial charge in [0.25, 0.3) is 0 Å². The molecule has 8 heteroatoms. The number of carboxylic acid groups (broad SMARTS) is 1. The SMILES string of the molecule is CNC(CCSc1nnnn1C1CCCC1)C(=O)O. The van der Waals surface area contributed by atoms with Crippen LogP contribution in [-0.4, -0.2) is 50.1 Å². The maximum atomic E-state index is 10.9. The Morgan fingerprint density at radius 3 is 2.95 bits per heavy atom. The van der Waals surface area contributed by atoms with Gasteiger partial charge in [-0.15, -0.1) is 5.10 Å². The zero-order chi connectivity index (χ0) is 13.7. The molecule has 1 unspecified atom stereocenters. The fourth-order valence-electron chi connectivity index (χ4n) is 2.32. The van der Waals surface area contributed by atoms with E-state index >= 15 is 0 Å². The zero-order valence-corrected chi connectivity index (χ0v) is 11.8. The average molecular weight is 285 g/mol. The van der Waals surface area contributed by atoms with Crippen LogP contribution in [0.3, 0.4) is 0 Å². The molecule has 1 aromatic rings. The molecule has 0 radical (unpaired) electrons. The molecule has 1 aliphatic rings. The van der Waals surface area contributed by atoms with Crippen molar-refractivity contribution in [1.82, 2.24) is 25.5 Å². The molecule has 1 aromatic heterocycles. The summed E-state index contributed by atoms with van der Waals surface area (Å²) in [5, 5.41) is 24.3. The molecule has 2 rings (SSSR count). The lowest BCUT2D eigenvalue weighted by Gasteiger charge is -2.12. The van der Waals surface area contributed by atoms with Gasteiger partial charge in [-0.1, -0.05) is 24.6 Å². The maximum absolute atomic E-state index is 10.9. The van der Waals surface area contributed by atoms with Gasteiger partial charge in [0.2, 0.25) is 5.16 Å². The van der Waals surface area contributed by atoms with E-state index in [1.54, 1.807) is 7.05 Å². The third-order valence-electron chi connectivity index (χ3n) is 3.42. The molecule has 1 atom stereocenters. The van der Waals surface area contributed by atoms with Crippen molar-refractivity contribution >= 4 is 17.7 Å². The Kier molecular flexibility index (Phi) is 5.15. The molecule has 0 bridgehead atoms. The number of nitrogens with one attached hydrogen (secondary N) is 1. The topological polar surface area (TPSA) is 92.9 Å². The van der Waals surface area contributed by atoms with E-state index in [1.165, 1.54) is 24.6 Å². The van der Waals surface area contributed by atoms with Gasteiger partial charge in [0.15, 0.2) is 0 Å². The summed E-state index contributed by atoms with van der Waals surface area (Å²) in [5.41, 5.74) is 0. The lowest BCUT2D eigenvalue weighted by Crippen LogP contribution is -2.34. The van der Waals surface area contributed by atoms with Crippen LogP contribution in [0.15, 0.2) is 5.16 Å². The van der Waals surface area contributed by atoms with Gasteiger partial charge in [0.05, 0.1) is 6.04 Å². The Balaban J connectivity index is 1.86. The summed E-state index contributed by atoms with van der Waals surface area (Å²) in [5.74, 6) is -0.135. The summed E-state index contributed by atoms with van der Waals surface area (Å²) in [6.45, 7) is 0. The summed E-state index contributed by atoms with van der Waals surface area (Å²) in [6, 6.07) is -0.0969. The number of likely N-dealkylation sites (N-methyl/N-ethyl adjacent to an activating group) is 1. The van der Waals surface area contributed by atoms with Gasteiger partial charge in [-0.25, -0.2) is 4.68 Å². The number of hydrogen-bond acceptors (Lipinski definition) is 6. The van der Waals surface area contributed by atoms with Crippen LogP contribution in [-0.2, 0) is 4.79 Å². The third kappa shape index (κ3) is 3.66. The molecule has 0 amide bonds. The normalized spacial score (nSPS) is 17.7. The van der Waals surface area contributed by atoms with Crippen molar-refractivity contribution in [2.24, 2.45) is 0 Å². The van der Waals surface area contributed by atoms with Crippen molar-refractivity contribution in [3.05, 3.63) is 0 Å². The molecule has 19 heavy (non-hydrogen) atoms. The largest absolute Gasteiger partial charge is 0.480 e. The predicted octanol–water partition coefficient (Wildman–Crippen LogP) is 0.943. The molecule has 106 valence electrons. The molecule has 7 nitrogen and oxygen atoms in total. The van der Waals surface area contributed by atoms with Crippen molar-refractivity contribution in [1.29, 1.82) is 0 Å². The van der Waals surface area contributed by atoms with E-state index in [2.05, 4.69) is 20.8 Å². The summed E-state index contributed by atoms with van der Waals surface area (Å²) in [7, 11) is 1.66. The standard InChI is InChI=1S/C11H19N5O2S/c1-12-9(10(17)18)6-7-19-11-13-14-15-16(11)8-4-2-3-5-8/h8-9,12H,2-7H2,1H3,(H,17,18). The minimum Gasteiger partial charge on any atom is -0.480 e. The molecule has 0 aromatic carbocycles. The molecular weight excluding hydrogens is 266 g/mol. The second-order valence-corrected chi connectivity index (χ2v) is 5.72. The van der Waals surface area contributed by atoms with Crippen LogP contribution in [0.2, 0.25) is 0 Å². The quantitative estimate of drug-likeness (QED) is 0.720. The van der Waals surface area contributed by atoms with E-state index in [0.29, 0.717) is 18.2 Å². The van der Waals surface area contributed by atoms with Crippen LogP contribution in [0.25, 0.3) is 0 Å². The van der Waals surface area contributed by atoms with E-state index in [1.807, 2.05) is 4.68 Å². The molecular formula is C11H19N5O2S. The number of nitrogens with zero attached hydrogens (tertiary/aromatic N) is 4. The Morgan fingerprint density at radius 1 is 1.58 bits per heavy atom. The number of thioether (sulfide) groups is 1. The number of hydrogen-bond donors (Lipinski definition) is 2. The Hall–Kier alpha value is -1.15. The predicted molar refractivity (Wildman–Crippen MR) is 71.1 cm³/mol. The highest BCUT2D eigenvalue weighted by Gasteiger charge is 2.22. The molecule has 0 spiro atoms. The highest BCUT2D eigenvalue weighted by atomic mass is 32.2. The van der Waals surface area contributed by atoms with Crippen LogP contribution in [0.4, 0.5) is 0 Å². The molecule has 1 fully saturated rings. The van der Waals surface area contributed by atoms with E-state index in [4.69, 9.17) is 5.11 Å². The fraction of sp³-hybridized carbons (Fsp3) is 0.818. The van der Waals surface area contributed by atoms with Crippen molar-refractivity contribution < 1.29 is 9.90 Å². The van der Waals surface area contributed by atoms with Crippen LogP contribution >= 0.6 is 11.8 Å². The van der Waals surface area contributed by atoms with E-state index in [-0.39, 0.29) is 0 Å². The number of aromatic nitrogens is 4. The van der Waals surface area contributed by atoms with Gasteiger partial charge in [-0.3, -0.25) is 4.79 Å². The molecule has 0 aliphatic heterocycles. The molecule has 0 saturated heterocycles. The summed E-state index contributed by atoms with van der Waals surface area (Å²) in [6.07, 6.45) is 5.28. The maximum Gasteiger partial charge on any atom is 0.320 e. The number of carboxylic acids is 1. The summed E-state index contributed by atoms with van der Waals surface area (Å²) in [4.78, 5) is 10.9. The average Bonchev–Trinajstić information content (AvgIpc) is 3.04. The van der Waals surface area contributed by atoms with Gasteiger partial charge in [0, 0.05) is 5.75 Å². The number of aliphatic carboxylic acids is 1. The fourth-order valence-corrected chi connectivity index (χ4v) is 3.27. The minimum absolute atomic E-state index is 0.414. The Morgan fingerprint density at radius 2 is 2.32 bits per heavy atom. The van der Waals surface area contributed by atoms with Crippen LogP contribution in [0.1, 0.15) is 38.1 Å². The minimum atomic E-state index is -0.821. The van der Waals surface area contributed by atoms with Gasteiger partial charge in [-0.05, 0) is 36.7 Å². The van der Waals surface area contributed by atoms with E-state index in [9.17, 15) is 4.79 Å². The van der Waals surface area contributed by atoms with E-state index < -0.39 is 12.0 Å². The second-order valence-electron chi connectivity index (χ2n) is 4.66.